The van der Waals surface area contributed by atoms with Gasteiger partial charge in [0.05, 0.1) is 4.92 Å². The number of benzene rings is 1. The van der Waals surface area contributed by atoms with Gasteiger partial charge in [-0.05, 0) is 18.1 Å². The number of hydrogen-bond donors (Lipinski definition) is 3. The number of carbonyl (C=O) groups excluding carboxylic acids is 1. The van der Waals surface area contributed by atoms with Gasteiger partial charge in [0.15, 0.2) is 0 Å². The molecule has 0 saturated carbocycles. The smallest absolute Gasteiger partial charge is 0.326 e. The van der Waals surface area contributed by atoms with Crippen LogP contribution in [0, 0.1) is 16.0 Å². The van der Waals surface area contributed by atoms with Crippen LogP contribution in [0.2, 0.25) is 0 Å². The first kappa shape index (κ1) is 17.4. The third-order valence-electron chi connectivity index (χ3n) is 3.47. The lowest BCUT2D eigenvalue weighted by molar-refractivity contribution is -0.384. The van der Waals surface area contributed by atoms with E-state index in [0.717, 1.165) is 6.07 Å². The zero-order valence-electron chi connectivity index (χ0n) is 12.6. The number of nitrogens with zero attached hydrogens (tertiary/aromatic N) is 1. The van der Waals surface area contributed by atoms with Gasteiger partial charge >= 0.3 is 5.97 Å². The topological polar surface area (TPSA) is 122 Å². The van der Waals surface area contributed by atoms with Crippen LogP contribution < -0.4 is 10.6 Å². The maximum atomic E-state index is 11.5. The number of amides is 1. The van der Waals surface area contributed by atoms with Crippen molar-refractivity contribution >= 4 is 23.3 Å². The van der Waals surface area contributed by atoms with E-state index in [0.29, 0.717) is 6.42 Å². The van der Waals surface area contributed by atoms with Crippen LogP contribution in [0.4, 0.5) is 11.4 Å². The SMILES string of the molecule is CC[C@H](C)[C@H](Nc1ccc(C(=O)NC)cc1[N+](=O)[O-])C(=O)O. The average molecular weight is 309 g/mol. The van der Waals surface area contributed by atoms with Gasteiger partial charge in [0.1, 0.15) is 11.7 Å². The van der Waals surface area contributed by atoms with E-state index in [-0.39, 0.29) is 22.9 Å². The molecular weight excluding hydrogens is 290 g/mol. The Labute approximate surface area is 127 Å². The van der Waals surface area contributed by atoms with Gasteiger partial charge in [-0.25, -0.2) is 4.79 Å². The number of carboxylic acids is 1. The fourth-order valence-corrected chi connectivity index (χ4v) is 1.94. The maximum absolute atomic E-state index is 11.5. The first-order chi connectivity index (χ1) is 10.3. The minimum Gasteiger partial charge on any atom is -0.480 e. The molecule has 1 aromatic carbocycles. The molecular formula is C14H19N3O5. The molecule has 22 heavy (non-hydrogen) atoms. The van der Waals surface area contributed by atoms with Crippen molar-refractivity contribution in [3.05, 3.63) is 33.9 Å². The third kappa shape index (κ3) is 3.94. The molecule has 0 aliphatic heterocycles. The molecule has 1 amide bonds. The summed E-state index contributed by atoms with van der Waals surface area (Å²) in [6.07, 6.45) is 0.605. The van der Waals surface area contributed by atoms with Crippen LogP contribution in [0.15, 0.2) is 18.2 Å². The highest BCUT2D eigenvalue weighted by atomic mass is 16.6. The Bertz CT molecular complexity index is 588. The number of rotatable bonds is 7. The third-order valence-corrected chi connectivity index (χ3v) is 3.47. The summed E-state index contributed by atoms with van der Waals surface area (Å²) in [5.41, 5.74) is -0.129. The molecule has 1 rings (SSSR count). The summed E-state index contributed by atoms with van der Waals surface area (Å²) in [4.78, 5) is 33.4. The molecule has 120 valence electrons. The predicted molar refractivity (Wildman–Crippen MR) is 81.0 cm³/mol. The summed E-state index contributed by atoms with van der Waals surface area (Å²) >= 11 is 0. The summed E-state index contributed by atoms with van der Waals surface area (Å²) in [7, 11) is 1.42. The first-order valence-electron chi connectivity index (χ1n) is 6.81. The second kappa shape index (κ2) is 7.39. The molecule has 0 spiro atoms. The maximum Gasteiger partial charge on any atom is 0.326 e. The highest BCUT2D eigenvalue weighted by molar-refractivity contribution is 5.95. The van der Waals surface area contributed by atoms with Gasteiger partial charge in [-0.3, -0.25) is 14.9 Å². The quantitative estimate of drug-likeness (QED) is 0.522. The van der Waals surface area contributed by atoms with Crippen molar-refractivity contribution in [2.24, 2.45) is 5.92 Å². The van der Waals surface area contributed by atoms with Crippen molar-refractivity contribution in [1.82, 2.24) is 5.32 Å². The number of nitro benzene ring substituents is 1. The van der Waals surface area contributed by atoms with Gasteiger partial charge in [-0.15, -0.1) is 0 Å². The number of nitro groups is 1. The van der Waals surface area contributed by atoms with E-state index in [1.165, 1.54) is 19.2 Å². The van der Waals surface area contributed by atoms with Gasteiger partial charge in [0.2, 0.25) is 0 Å². The van der Waals surface area contributed by atoms with Crippen LogP contribution in [-0.2, 0) is 4.79 Å². The summed E-state index contributed by atoms with van der Waals surface area (Å²) in [5.74, 6) is -1.75. The number of anilines is 1. The van der Waals surface area contributed by atoms with E-state index in [1.54, 1.807) is 6.92 Å². The Hall–Kier alpha value is -2.64. The molecule has 0 fully saturated rings. The first-order valence-corrected chi connectivity index (χ1v) is 6.81. The van der Waals surface area contributed by atoms with Crippen molar-refractivity contribution in [3.63, 3.8) is 0 Å². The van der Waals surface area contributed by atoms with Crippen molar-refractivity contribution < 1.29 is 19.6 Å². The van der Waals surface area contributed by atoms with Crippen LogP contribution >= 0.6 is 0 Å². The number of carbonyl (C=O) groups is 2. The lowest BCUT2D eigenvalue weighted by Crippen LogP contribution is -2.35. The van der Waals surface area contributed by atoms with Gasteiger partial charge in [-0.2, -0.15) is 0 Å². The monoisotopic (exact) mass is 309 g/mol. The zero-order chi connectivity index (χ0) is 16.9. The largest absolute Gasteiger partial charge is 0.480 e. The Morgan fingerprint density at radius 2 is 2.05 bits per heavy atom. The molecule has 8 nitrogen and oxygen atoms in total. The Balaban J connectivity index is 3.20. The Morgan fingerprint density at radius 3 is 2.50 bits per heavy atom. The molecule has 0 aliphatic rings. The number of nitrogens with one attached hydrogen (secondary N) is 2. The van der Waals surface area contributed by atoms with E-state index in [1.807, 2.05) is 6.92 Å². The van der Waals surface area contributed by atoms with E-state index >= 15 is 0 Å². The highest BCUT2D eigenvalue weighted by Gasteiger charge is 2.26. The second-order valence-electron chi connectivity index (χ2n) is 4.91. The summed E-state index contributed by atoms with van der Waals surface area (Å²) in [6.45, 7) is 3.59. The van der Waals surface area contributed by atoms with Crippen LogP contribution in [0.3, 0.4) is 0 Å². The van der Waals surface area contributed by atoms with Crippen LogP contribution in [0.5, 0.6) is 0 Å². The van der Waals surface area contributed by atoms with Crippen molar-refractivity contribution in [1.29, 1.82) is 0 Å². The van der Waals surface area contributed by atoms with Crippen LogP contribution in [0.25, 0.3) is 0 Å². The average Bonchev–Trinajstić information content (AvgIpc) is 2.50. The molecule has 0 radical (unpaired) electrons. The fourth-order valence-electron chi connectivity index (χ4n) is 1.94. The van der Waals surface area contributed by atoms with Crippen LogP contribution in [-0.4, -0.2) is 35.0 Å². The number of hydrogen-bond acceptors (Lipinski definition) is 5. The normalized spacial score (nSPS) is 13.0. The van der Waals surface area contributed by atoms with Gasteiger partial charge < -0.3 is 15.7 Å². The highest BCUT2D eigenvalue weighted by Crippen LogP contribution is 2.27. The summed E-state index contributed by atoms with van der Waals surface area (Å²) in [6, 6.07) is 2.93. The van der Waals surface area contributed by atoms with Gasteiger partial charge in [0.25, 0.3) is 11.6 Å². The fraction of sp³-hybridized carbons (Fsp3) is 0.429. The predicted octanol–water partition coefficient (Wildman–Crippen LogP) is 1.87. The molecule has 0 aromatic heterocycles. The lowest BCUT2D eigenvalue weighted by Gasteiger charge is -2.21. The van der Waals surface area contributed by atoms with Gasteiger partial charge in [-0.1, -0.05) is 20.3 Å². The Morgan fingerprint density at radius 1 is 1.41 bits per heavy atom. The standard InChI is InChI=1S/C14H19N3O5/c1-4-8(2)12(14(19)20)16-10-6-5-9(13(18)15-3)7-11(10)17(21)22/h5-8,12,16H,4H2,1-3H3,(H,15,18)(H,19,20)/t8-,12-/m0/s1. The molecule has 0 bridgehead atoms. The molecule has 0 heterocycles. The van der Waals surface area contributed by atoms with Crippen molar-refractivity contribution in [2.75, 3.05) is 12.4 Å². The number of aliphatic carboxylic acids is 1. The van der Waals surface area contributed by atoms with Crippen molar-refractivity contribution in [2.45, 2.75) is 26.3 Å². The molecule has 2 atom stereocenters. The molecule has 0 saturated heterocycles. The van der Waals surface area contributed by atoms with E-state index in [9.17, 15) is 24.8 Å². The Kier molecular flexibility index (Phi) is 5.85. The number of carboxylic acid groups (broad SMARTS) is 1. The summed E-state index contributed by atoms with van der Waals surface area (Å²) in [5, 5.41) is 25.5. The lowest BCUT2D eigenvalue weighted by atomic mass is 9.98. The van der Waals surface area contributed by atoms with E-state index in [4.69, 9.17) is 0 Å². The molecule has 3 N–H and O–H groups in total. The van der Waals surface area contributed by atoms with E-state index < -0.39 is 22.8 Å². The molecule has 0 unspecified atom stereocenters. The van der Waals surface area contributed by atoms with Crippen molar-refractivity contribution in [3.8, 4) is 0 Å². The minimum atomic E-state index is -1.08. The minimum absolute atomic E-state index is 0.0744. The zero-order valence-corrected chi connectivity index (χ0v) is 12.6. The second-order valence-corrected chi connectivity index (χ2v) is 4.91. The van der Waals surface area contributed by atoms with Gasteiger partial charge in [0, 0.05) is 18.7 Å². The van der Waals surface area contributed by atoms with E-state index in [2.05, 4.69) is 10.6 Å². The summed E-state index contributed by atoms with van der Waals surface area (Å²) < 4.78 is 0. The molecule has 1 aromatic rings. The van der Waals surface area contributed by atoms with Crippen LogP contribution in [0.1, 0.15) is 30.6 Å². The molecule has 0 aliphatic carbocycles. The molecule has 8 heteroatoms.